The van der Waals surface area contributed by atoms with E-state index in [9.17, 15) is 0 Å². The van der Waals surface area contributed by atoms with Gasteiger partial charge < -0.3 is 10.1 Å². The van der Waals surface area contributed by atoms with Crippen molar-refractivity contribution in [2.24, 2.45) is 0 Å². The number of hydrogen-bond donors (Lipinski definition) is 1. The van der Waals surface area contributed by atoms with Gasteiger partial charge in [-0.3, -0.25) is 4.98 Å². The Balaban J connectivity index is 1.50. The molecule has 0 unspecified atom stereocenters. The molecule has 2 aromatic rings. The van der Waals surface area contributed by atoms with E-state index in [2.05, 4.69) is 21.7 Å². The summed E-state index contributed by atoms with van der Waals surface area (Å²) in [6, 6.07) is 8.85. The van der Waals surface area contributed by atoms with Crippen molar-refractivity contribution in [3.63, 3.8) is 0 Å². The van der Waals surface area contributed by atoms with Gasteiger partial charge in [-0.25, -0.2) is 0 Å². The summed E-state index contributed by atoms with van der Waals surface area (Å²) in [6.45, 7) is 1.48. The molecular weight excluding hydrogens is 244 g/mol. The Morgan fingerprint density at radius 1 is 1.33 bits per heavy atom. The lowest BCUT2D eigenvalue weighted by atomic mass is 10.3. The number of pyridine rings is 1. The maximum atomic E-state index is 5.67. The van der Waals surface area contributed by atoms with E-state index in [1.807, 2.05) is 18.2 Å². The molecule has 0 aliphatic heterocycles. The van der Waals surface area contributed by atoms with Crippen molar-refractivity contribution >= 4 is 11.3 Å². The summed E-state index contributed by atoms with van der Waals surface area (Å²) in [5, 5.41) is 5.50. The summed E-state index contributed by atoms with van der Waals surface area (Å²) in [5.74, 6) is 0.832. The lowest BCUT2D eigenvalue weighted by molar-refractivity contribution is 0.308. The SMILES string of the molecule is c1csc(COc2ccc(CNC3CC3)nc2)c1. The number of rotatable bonds is 6. The standard InChI is InChI=1S/C14H16N2OS/c1-2-14(18-7-1)10-17-13-6-5-12(16-9-13)8-15-11-3-4-11/h1-2,5-7,9,11,15H,3-4,8,10H2. The first kappa shape index (κ1) is 11.7. The minimum absolute atomic E-state index is 0.624. The van der Waals surface area contributed by atoms with Gasteiger partial charge in [-0.15, -0.1) is 11.3 Å². The topological polar surface area (TPSA) is 34.1 Å². The van der Waals surface area contributed by atoms with Gasteiger partial charge in [-0.2, -0.15) is 0 Å². The summed E-state index contributed by atoms with van der Waals surface area (Å²) < 4.78 is 5.67. The fourth-order valence-corrected chi connectivity index (χ4v) is 2.30. The molecule has 1 fully saturated rings. The lowest BCUT2D eigenvalue weighted by Crippen LogP contribution is -2.16. The van der Waals surface area contributed by atoms with Crippen molar-refractivity contribution in [2.45, 2.75) is 32.0 Å². The van der Waals surface area contributed by atoms with Crippen LogP contribution in [-0.4, -0.2) is 11.0 Å². The first-order chi connectivity index (χ1) is 8.90. The Morgan fingerprint density at radius 3 is 2.94 bits per heavy atom. The number of nitrogens with one attached hydrogen (secondary N) is 1. The van der Waals surface area contributed by atoms with Crippen LogP contribution in [0, 0.1) is 0 Å². The van der Waals surface area contributed by atoms with Crippen LogP contribution < -0.4 is 10.1 Å². The Bertz CT molecular complexity index is 477. The second-order valence-corrected chi connectivity index (χ2v) is 5.54. The Labute approximate surface area is 111 Å². The van der Waals surface area contributed by atoms with Crippen LogP contribution in [-0.2, 0) is 13.2 Å². The first-order valence-electron chi connectivity index (χ1n) is 6.23. The van der Waals surface area contributed by atoms with E-state index in [1.165, 1.54) is 17.7 Å². The third-order valence-corrected chi connectivity index (χ3v) is 3.76. The van der Waals surface area contributed by atoms with E-state index in [4.69, 9.17) is 4.74 Å². The average Bonchev–Trinajstić information content (AvgIpc) is 3.09. The van der Waals surface area contributed by atoms with Crippen molar-refractivity contribution < 1.29 is 4.74 Å². The summed E-state index contributed by atoms with van der Waals surface area (Å²) in [6.07, 6.45) is 4.42. The minimum atomic E-state index is 0.624. The molecule has 4 heteroatoms. The minimum Gasteiger partial charge on any atom is -0.486 e. The van der Waals surface area contributed by atoms with E-state index in [-0.39, 0.29) is 0 Å². The van der Waals surface area contributed by atoms with E-state index in [0.29, 0.717) is 6.61 Å². The second kappa shape index (κ2) is 5.50. The predicted molar refractivity (Wildman–Crippen MR) is 72.7 cm³/mol. The molecule has 0 radical (unpaired) electrons. The van der Waals surface area contributed by atoms with Gasteiger partial charge in [-0.1, -0.05) is 6.07 Å². The molecule has 0 spiro atoms. The fraction of sp³-hybridized carbons (Fsp3) is 0.357. The fourth-order valence-electron chi connectivity index (χ4n) is 1.69. The monoisotopic (exact) mass is 260 g/mol. The highest BCUT2D eigenvalue weighted by atomic mass is 32.1. The number of thiophene rings is 1. The molecule has 2 heterocycles. The molecule has 1 saturated carbocycles. The number of nitrogens with zero attached hydrogens (tertiary/aromatic N) is 1. The highest BCUT2D eigenvalue weighted by Crippen LogP contribution is 2.19. The average molecular weight is 260 g/mol. The van der Waals surface area contributed by atoms with Crippen molar-refractivity contribution in [3.8, 4) is 5.75 Å². The van der Waals surface area contributed by atoms with Crippen LogP contribution in [0.2, 0.25) is 0 Å². The Kier molecular flexibility index (Phi) is 3.57. The van der Waals surface area contributed by atoms with Crippen LogP contribution in [0.5, 0.6) is 5.75 Å². The van der Waals surface area contributed by atoms with Gasteiger partial charge in [0.25, 0.3) is 0 Å². The van der Waals surface area contributed by atoms with Crippen LogP contribution in [0.15, 0.2) is 35.8 Å². The smallest absolute Gasteiger partial charge is 0.138 e. The summed E-state index contributed by atoms with van der Waals surface area (Å²) in [7, 11) is 0. The highest BCUT2D eigenvalue weighted by molar-refractivity contribution is 7.09. The van der Waals surface area contributed by atoms with Crippen LogP contribution >= 0.6 is 11.3 Å². The molecule has 1 aliphatic rings. The maximum absolute atomic E-state index is 5.67. The normalized spacial score (nSPS) is 14.7. The molecule has 2 aromatic heterocycles. The van der Waals surface area contributed by atoms with Gasteiger partial charge in [0, 0.05) is 17.5 Å². The van der Waals surface area contributed by atoms with E-state index in [0.717, 1.165) is 24.0 Å². The third-order valence-electron chi connectivity index (χ3n) is 2.91. The van der Waals surface area contributed by atoms with E-state index in [1.54, 1.807) is 17.5 Å². The molecule has 1 aliphatic carbocycles. The molecule has 0 saturated heterocycles. The van der Waals surface area contributed by atoms with Crippen molar-refractivity contribution in [1.29, 1.82) is 0 Å². The summed E-state index contributed by atoms with van der Waals surface area (Å²) >= 11 is 1.71. The van der Waals surface area contributed by atoms with Crippen LogP contribution in [0.4, 0.5) is 0 Å². The van der Waals surface area contributed by atoms with Gasteiger partial charge in [-0.05, 0) is 36.4 Å². The van der Waals surface area contributed by atoms with Gasteiger partial charge in [0.1, 0.15) is 12.4 Å². The molecular formula is C14H16N2OS. The lowest BCUT2D eigenvalue weighted by Gasteiger charge is -2.06. The molecule has 94 valence electrons. The molecule has 3 rings (SSSR count). The quantitative estimate of drug-likeness (QED) is 0.867. The molecule has 1 N–H and O–H groups in total. The number of aromatic nitrogens is 1. The first-order valence-corrected chi connectivity index (χ1v) is 7.11. The summed E-state index contributed by atoms with van der Waals surface area (Å²) in [5.41, 5.74) is 1.07. The number of ether oxygens (including phenoxy) is 1. The molecule has 0 amide bonds. The molecule has 0 atom stereocenters. The van der Waals surface area contributed by atoms with E-state index < -0.39 is 0 Å². The van der Waals surface area contributed by atoms with Gasteiger partial charge >= 0.3 is 0 Å². The van der Waals surface area contributed by atoms with Crippen molar-refractivity contribution in [1.82, 2.24) is 10.3 Å². The predicted octanol–water partition coefficient (Wildman–Crippen LogP) is 2.97. The van der Waals surface area contributed by atoms with Gasteiger partial charge in [0.2, 0.25) is 0 Å². The zero-order valence-electron chi connectivity index (χ0n) is 10.1. The van der Waals surface area contributed by atoms with Crippen LogP contribution in [0.25, 0.3) is 0 Å². The highest BCUT2D eigenvalue weighted by Gasteiger charge is 2.19. The van der Waals surface area contributed by atoms with Gasteiger partial charge in [0.05, 0.1) is 11.9 Å². The molecule has 0 bridgehead atoms. The third kappa shape index (κ3) is 3.31. The van der Waals surface area contributed by atoms with E-state index >= 15 is 0 Å². The van der Waals surface area contributed by atoms with Crippen molar-refractivity contribution in [3.05, 3.63) is 46.4 Å². The van der Waals surface area contributed by atoms with Crippen molar-refractivity contribution in [2.75, 3.05) is 0 Å². The zero-order chi connectivity index (χ0) is 12.2. The summed E-state index contributed by atoms with van der Waals surface area (Å²) in [4.78, 5) is 5.63. The van der Waals surface area contributed by atoms with Gasteiger partial charge in [0.15, 0.2) is 0 Å². The molecule has 18 heavy (non-hydrogen) atoms. The van der Waals surface area contributed by atoms with Crippen LogP contribution in [0.1, 0.15) is 23.4 Å². The molecule has 0 aromatic carbocycles. The maximum Gasteiger partial charge on any atom is 0.138 e. The second-order valence-electron chi connectivity index (χ2n) is 4.51. The molecule has 3 nitrogen and oxygen atoms in total. The largest absolute Gasteiger partial charge is 0.486 e. The number of hydrogen-bond acceptors (Lipinski definition) is 4. The Morgan fingerprint density at radius 2 is 2.28 bits per heavy atom. The van der Waals surface area contributed by atoms with Crippen LogP contribution in [0.3, 0.4) is 0 Å². The zero-order valence-corrected chi connectivity index (χ0v) is 11.0. The Hall–Kier alpha value is -1.39.